The number of nitrogens with one attached hydrogen (secondary N) is 1. The molecule has 0 aliphatic heterocycles. The van der Waals surface area contributed by atoms with E-state index in [9.17, 15) is 0 Å². The third-order valence-electron chi connectivity index (χ3n) is 2.60. The molecule has 1 aromatic carbocycles. The first-order chi connectivity index (χ1) is 8.06. The van der Waals surface area contributed by atoms with Gasteiger partial charge in [-0.1, -0.05) is 0 Å². The standard InChI is InChI=1S/C12H15BrN4/c1-8-3-12(10(13)4-11(8)14)15-5-9-6-16-17(2)7-9/h3-4,6-7,15H,5,14H2,1-2H3. The minimum atomic E-state index is 0.746. The van der Waals surface area contributed by atoms with Gasteiger partial charge in [0.1, 0.15) is 0 Å². The van der Waals surface area contributed by atoms with Gasteiger partial charge in [-0.05, 0) is 40.5 Å². The number of aromatic nitrogens is 2. The van der Waals surface area contributed by atoms with Crippen molar-refractivity contribution in [3.8, 4) is 0 Å². The summed E-state index contributed by atoms with van der Waals surface area (Å²) >= 11 is 3.50. The molecule has 2 aromatic rings. The lowest BCUT2D eigenvalue weighted by Gasteiger charge is -2.10. The van der Waals surface area contributed by atoms with Crippen molar-refractivity contribution in [2.75, 3.05) is 11.1 Å². The second kappa shape index (κ2) is 4.79. The van der Waals surface area contributed by atoms with Crippen LogP contribution in [0.1, 0.15) is 11.1 Å². The van der Waals surface area contributed by atoms with Crippen molar-refractivity contribution in [1.29, 1.82) is 0 Å². The number of anilines is 2. The normalized spacial score (nSPS) is 10.5. The van der Waals surface area contributed by atoms with Crippen molar-refractivity contribution in [3.05, 3.63) is 40.1 Å². The average molecular weight is 295 g/mol. The quantitative estimate of drug-likeness (QED) is 0.856. The van der Waals surface area contributed by atoms with Gasteiger partial charge >= 0.3 is 0 Å². The molecule has 0 aliphatic rings. The van der Waals surface area contributed by atoms with E-state index in [0.29, 0.717) is 0 Å². The first-order valence-electron chi connectivity index (χ1n) is 5.33. The molecule has 0 atom stereocenters. The molecular formula is C12H15BrN4. The summed E-state index contributed by atoms with van der Waals surface area (Å²) in [6, 6.07) is 3.96. The fourth-order valence-corrected chi connectivity index (χ4v) is 2.09. The Morgan fingerprint density at radius 1 is 1.47 bits per heavy atom. The lowest BCUT2D eigenvalue weighted by atomic mass is 10.2. The van der Waals surface area contributed by atoms with Crippen LogP contribution >= 0.6 is 15.9 Å². The van der Waals surface area contributed by atoms with Crippen LogP contribution < -0.4 is 11.1 Å². The van der Waals surface area contributed by atoms with Crippen molar-refractivity contribution in [2.45, 2.75) is 13.5 Å². The van der Waals surface area contributed by atoms with Gasteiger partial charge in [-0.25, -0.2) is 0 Å². The van der Waals surface area contributed by atoms with Gasteiger partial charge in [0, 0.05) is 41.2 Å². The summed E-state index contributed by atoms with van der Waals surface area (Å²) in [5.74, 6) is 0. The fourth-order valence-electron chi connectivity index (χ4n) is 1.59. The number of benzene rings is 1. The Bertz CT molecular complexity index is 533. The first-order valence-corrected chi connectivity index (χ1v) is 6.12. The molecule has 5 heteroatoms. The maximum atomic E-state index is 5.83. The van der Waals surface area contributed by atoms with Crippen molar-refractivity contribution < 1.29 is 0 Å². The second-order valence-electron chi connectivity index (χ2n) is 4.06. The van der Waals surface area contributed by atoms with Crippen molar-refractivity contribution in [2.24, 2.45) is 7.05 Å². The van der Waals surface area contributed by atoms with E-state index >= 15 is 0 Å². The topological polar surface area (TPSA) is 55.9 Å². The van der Waals surface area contributed by atoms with Gasteiger partial charge in [0.2, 0.25) is 0 Å². The zero-order valence-corrected chi connectivity index (χ0v) is 11.5. The predicted octanol–water partition coefficient (Wildman–Crippen LogP) is 2.69. The van der Waals surface area contributed by atoms with Crippen LogP contribution in [0.15, 0.2) is 29.0 Å². The van der Waals surface area contributed by atoms with Crippen LogP contribution in [0.4, 0.5) is 11.4 Å². The Morgan fingerprint density at radius 2 is 2.24 bits per heavy atom. The minimum absolute atomic E-state index is 0.746. The molecule has 0 spiro atoms. The zero-order valence-electron chi connectivity index (χ0n) is 9.87. The third kappa shape index (κ3) is 2.79. The lowest BCUT2D eigenvalue weighted by molar-refractivity contribution is 0.767. The zero-order chi connectivity index (χ0) is 12.4. The molecule has 17 heavy (non-hydrogen) atoms. The molecule has 0 fully saturated rings. The van der Waals surface area contributed by atoms with Crippen molar-refractivity contribution >= 4 is 27.3 Å². The Hall–Kier alpha value is -1.49. The van der Waals surface area contributed by atoms with E-state index in [1.807, 2.05) is 38.5 Å². The van der Waals surface area contributed by atoms with Gasteiger partial charge in [0.25, 0.3) is 0 Å². The third-order valence-corrected chi connectivity index (χ3v) is 3.25. The molecule has 4 nitrogen and oxygen atoms in total. The minimum Gasteiger partial charge on any atom is -0.398 e. The molecule has 0 saturated carbocycles. The molecule has 3 N–H and O–H groups in total. The van der Waals surface area contributed by atoms with Gasteiger partial charge in [0.05, 0.1) is 6.20 Å². The Balaban J connectivity index is 2.11. The molecule has 0 aliphatic carbocycles. The Kier molecular flexibility index (Phi) is 3.38. The molecule has 1 heterocycles. The highest BCUT2D eigenvalue weighted by Gasteiger charge is 2.04. The van der Waals surface area contributed by atoms with E-state index in [-0.39, 0.29) is 0 Å². The lowest BCUT2D eigenvalue weighted by Crippen LogP contribution is -2.01. The van der Waals surface area contributed by atoms with Crippen LogP contribution in [0, 0.1) is 6.92 Å². The summed E-state index contributed by atoms with van der Waals surface area (Å²) in [6.07, 6.45) is 3.84. The SMILES string of the molecule is Cc1cc(NCc2cnn(C)c2)c(Br)cc1N. The van der Waals surface area contributed by atoms with Crippen LogP contribution in [0.3, 0.4) is 0 Å². The molecule has 90 valence electrons. The van der Waals surface area contributed by atoms with Gasteiger partial charge in [-0.2, -0.15) is 5.10 Å². The molecule has 0 unspecified atom stereocenters. The fraction of sp³-hybridized carbons (Fsp3) is 0.250. The smallest absolute Gasteiger partial charge is 0.0539 e. The van der Waals surface area contributed by atoms with E-state index in [0.717, 1.165) is 33.5 Å². The Morgan fingerprint density at radius 3 is 2.88 bits per heavy atom. The number of nitrogens with zero attached hydrogens (tertiary/aromatic N) is 2. The number of aryl methyl sites for hydroxylation is 2. The molecule has 0 amide bonds. The highest BCUT2D eigenvalue weighted by molar-refractivity contribution is 9.10. The van der Waals surface area contributed by atoms with Gasteiger partial charge < -0.3 is 11.1 Å². The van der Waals surface area contributed by atoms with E-state index in [2.05, 4.69) is 26.3 Å². The Labute approximate surface area is 109 Å². The van der Waals surface area contributed by atoms with Gasteiger partial charge in [0.15, 0.2) is 0 Å². The molecule has 0 saturated heterocycles. The largest absolute Gasteiger partial charge is 0.398 e. The van der Waals surface area contributed by atoms with E-state index in [4.69, 9.17) is 5.73 Å². The van der Waals surface area contributed by atoms with Gasteiger partial charge in [-0.15, -0.1) is 0 Å². The predicted molar refractivity (Wildman–Crippen MR) is 73.8 cm³/mol. The van der Waals surface area contributed by atoms with E-state index < -0.39 is 0 Å². The summed E-state index contributed by atoms with van der Waals surface area (Å²) in [5.41, 5.74) is 9.88. The van der Waals surface area contributed by atoms with Crippen molar-refractivity contribution in [1.82, 2.24) is 9.78 Å². The highest BCUT2D eigenvalue weighted by atomic mass is 79.9. The molecular weight excluding hydrogens is 280 g/mol. The number of hydrogen-bond donors (Lipinski definition) is 2. The monoisotopic (exact) mass is 294 g/mol. The van der Waals surface area contributed by atoms with Crippen LogP contribution in [-0.4, -0.2) is 9.78 Å². The molecule has 1 aromatic heterocycles. The van der Waals surface area contributed by atoms with Crippen LogP contribution in [0.2, 0.25) is 0 Å². The summed E-state index contributed by atoms with van der Waals surface area (Å²) in [4.78, 5) is 0. The molecule has 0 bridgehead atoms. The number of nitrogens with two attached hydrogens (primary N) is 1. The van der Waals surface area contributed by atoms with Crippen LogP contribution in [0.25, 0.3) is 0 Å². The maximum Gasteiger partial charge on any atom is 0.0539 e. The summed E-state index contributed by atoms with van der Waals surface area (Å²) < 4.78 is 2.77. The van der Waals surface area contributed by atoms with Crippen molar-refractivity contribution in [3.63, 3.8) is 0 Å². The number of halogens is 1. The number of nitrogen functional groups attached to an aromatic ring is 1. The first kappa shape index (κ1) is 12.0. The molecule has 0 radical (unpaired) electrons. The number of rotatable bonds is 3. The maximum absolute atomic E-state index is 5.83. The molecule has 2 rings (SSSR count). The summed E-state index contributed by atoms with van der Waals surface area (Å²) in [7, 11) is 1.91. The highest BCUT2D eigenvalue weighted by Crippen LogP contribution is 2.28. The second-order valence-corrected chi connectivity index (χ2v) is 4.92. The summed E-state index contributed by atoms with van der Waals surface area (Å²) in [5, 5.41) is 7.48. The van der Waals surface area contributed by atoms with Crippen LogP contribution in [-0.2, 0) is 13.6 Å². The number of hydrogen-bond acceptors (Lipinski definition) is 3. The van der Waals surface area contributed by atoms with E-state index in [1.54, 1.807) is 4.68 Å². The van der Waals surface area contributed by atoms with E-state index in [1.165, 1.54) is 0 Å². The average Bonchev–Trinajstić information content (AvgIpc) is 2.68. The summed E-state index contributed by atoms with van der Waals surface area (Å²) in [6.45, 7) is 2.74. The van der Waals surface area contributed by atoms with Crippen LogP contribution in [0.5, 0.6) is 0 Å². The van der Waals surface area contributed by atoms with Gasteiger partial charge in [-0.3, -0.25) is 4.68 Å².